The molecule has 1 saturated carbocycles. The molecule has 0 atom stereocenters. The van der Waals surface area contributed by atoms with Crippen LogP contribution in [-0.2, 0) is 0 Å². The van der Waals surface area contributed by atoms with Gasteiger partial charge in [0.1, 0.15) is 16.5 Å². The van der Waals surface area contributed by atoms with E-state index in [9.17, 15) is 0 Å². The third-order valence-corrected chi connectivity index (χ3v) is 3.17. The van der Waals surface area contributed by atoms with Crippen LogP contribution in [0.2, 0.25) is 5.15 Å². The summed E-state index contributed by atoms with van der Waals surface area (Å²) >= 11 is 5.95. The quantitative estimate of drug-likeness (QED) is 0.746. The predicted molar refractivity (Wildman–Crippen MR) is 64.9 cm³/mol. The molecule has 3 nitrogen and oxygen atoms in total. The monoisotopic (exact) mass is 235 g/mol. The molecule has 3 rings (SSSR count). The van der Waals surface area contributed by atoms with Crippen molar-refractivity contribution in [2.24, 2.45) is 0 Å². The highest BCUT2D eigenvalue weighted by Gasteiger charge is 2.29. The lowest BCUT2D eigenvalue weighted by Gasteiger charge is -2.09. The van der Waals surface area contributed by atoms with Crippen LogP contribution in [0.3, 0.4) is 0 Å². The van der Waals surface area contributed by atoms with Crippen molar-refractivity contribution < 1.29 is 0 Å². The van der Waals surface area contributed by atoms with Crippen LogP contribution in [0.4, 0.5) is 0 Å². The van der Waals surface area contributed by atoms with E-state index in [2.05, 4.69) is 28.4 Å². The molecule has 0 aromatic carbocycles. The van der Waals surface area contributed by atoms with Gasteiger partial charge < -0.3 is 4.57 Å². The van der Waals surface area contributed by atoms with Crippen LogP contribution < -0.4 is 0 Å². The molecule has 1 fully saturated rings. The van der Waals surface area contributed by atoms with Crippen LogP contribution in [0.15, 0.2) is 12.1 Å². The highest BCUT2D eigenvalue weighted by molar-refractivity contribution is 6.29. The largest absolute Gasteiger partial charge is 0.309 e. The summed E-state index contributed by atoms with van der Waals surface area (Å²) in [6.45, 7) is 4.34. The Morgan fingerprint density at radius 3 is 2.69 bits per heavy atom. The number of aromatic nitrogens is 3. The van der Waals surface area contributed by atoms with E-state index in [-0.39, 0.29) is 0 Å². The first-order valence-corrected chi connectivity index (χ1v) is 6.09. The Bertz CT molecular complexity index is 540. The molecule has 2 aromatic rings. The third kappa shape index (κ3) is 1.50. The highest BCUT2D eigenvalue weighted by Crippen LogP contribution is 2.39. The molecule has 2 aromatic heterocycles. The van der Waals surface area contributed by atoms with Gasteiger partial charge in [-0.2, -0.15) is 0 Å². The second kappa shape index (κ2) is 3.45. The molecule has 16 heavy (non-hydrogen) atoms. The molecule has 0 aliphatic heterocycles. The first-order valence-electron chi connectivity index (χ1n) is 5.71. The van der Waals surface area contributed by atoms with Crippen LogP contribution in [0.1, 0.15) is 44.5 Å². The van der Waals surface area contributed by atoms with E-state index in [1.165, 1.54) is 12.8 Å². The highest BCUT2D eigenvalue weighted by atomic mass is 35.5. The maximum absolute atomic E-state index is 5.95. The van der Waals surface area contributed by atoms with Crippen molar-refractivity contribution in [3.63, 3.8) is 0 Å². The van der Waals surface area contributed by atoms with Gasteiger partial charge in [-0.25, -0.2) is 9.97 Å². The Kier molecular flexibility index (Phi) is 2.18. The fraction of sp³-hybridized carbons (Fsp3) is 0.500. The zero-order valence-electron chi connectivity index (χ0n) is 9.44. The number of nitrogens with zero attached hydrogens (tertiary/aromatic N) is 3. The Labute approximate surface area is 99.5 Å². The molecule has 1 aliphatic rings. The Hall–Kier alpha value is -1.09. The summed E-state index contributed by atoms with van der Waals surface area (Å²) < 4.78 is 2.27. The number of fused-ring (bicyclic) bond motifs is 1. The first kappa shape index (κ1) is 10.1. The number of hydrogen-bond donors (Lipinski definition) is 0. The van der Waals surface area contributed by atoms with Gasteiger partial charge in [-0.15, -0.1) is 0 Å². The van der Waals surface area contributed by atoms with Crippen molar-refractivity contribution in [3.05, 3.63) is 23.1 Å². The van der Waals surface area contributed by atoms with Gasteiger partial charge >= 0.3 is 0 Å². The zero-order valence-corrected chi connectivity index (χ0v) is 10.2. The van der Waals surface area contributed by atoms with Gasteiger partial charge in [-0.3, -0.25) is 0 Å². The van der Waals surface area contributed by atoms with E-state index in [1.807, 2.05) is 6.07 Å². The Balaban J connectivity index is 2.29. The summed E-state index contributed by atoms with van der Waals surface area (Å²) in [5.74, 6) is 1.56. The van der Waals surface area contributed by atoms with E-state index >= 15 is 0 Å². The summed E-state index contributed by atoms with van der Waals surface area (Å²) in [6.07, 6.45) is 2.47. The molecule has 0 unspecified atom stereocenters. The molecular weight excluding hydrogens is 222 g/mol. The smallest absolute Gasteiger partial charge is 0.161 e. The SMILES string of the molecule is CC(C)c1nc2ccc(Cl)nc2n1C1CC1. The summed E-state index contributed by atoms with van der Waals surface area (Å²) in [6, 6.07) is 4.35. The van der Waals surface area contributed by atoms with Gasteiger partial charge in [0.05, 0.1) is 0 Å². The Morgan fingerprint density at radius 2 is 2.06 bits per heavy atom. The van der Waals surface area contributed by atoms with E-state index < -0.39 is 0 Å². The molecule has 4 heteroatoms. The van der Waals surface area contributed by atoms with E-state index in [4.69, 9.17) is 11.6 Å². The molecule has 0 amide bonds. The molecule has 0 N–H and O–H groups in total. The maximum atomic E-state index is 5.95. The normalized spacial score (nSPS) is 16.2. The lowest BCUT2D eigenvalue weighted by atomic mass is 10.2. The minimum Gasteiger partial charge on any atom is -0.309 e. The van der Waals surface area contributed by atoms with Crippen molar-refractivity contribution in [3.8, 4) is 0 Å². The van der Waals surface area contributed by atoms with Crippen molar-refractivity contribution in [2.45, 2.75) is 38.6 Å². The molecule has 0 bridgehead atoms. The molecule has 1 aliphatic carbocycles. The number of halogens is 1. The van der Waals surface area contributed by atoms with Gasteiger partial charge in [0.15, 0.2) is 5.65 Å². The summed E-state index contributed by atoms with van der Waals surface area (Å²) in [7, 11) is 0. The molecule has 0 radical (unpaired) electrons. The molecule has 2 heterocycles. The van der Waals surface area contributed by atoms with E-state index in [1.54, 1.807) is 6.07 Å². The lowest BCUT2D eigenvalue weighted by molar-refractivity contribution is 0.650. The molecule has 84 valence electrons. The number of imidazole rings is 1. The second-order valence-electron chi connectivity index (χ2n) is 4.70. The van der Waals surface area contributed by atoms with Crippen LogP contribution in [-0.4, -0.2) is 14.5 Å². The second-order valence-corrected chi connectivity index (χ2v) is 5.09. The number of pyridine rings is 1. The first-order chi connectivity index (χ1) is 7.66. The van der Waals surface area contributed by atoms with Gasteiger partial charge in [0.2, 0.25) is 0 Å². The van der Waals surface area contributed by atoms with Crippen LogP contribution in [0, 0.1) is 0 Å². The van der Waals surface area contributed by atoms with Gasteiger partial charge in [0.25, 0.3) is 0 Å². The summed E-state index contributed by atoms with van der Waals surface area (Å²) in [4.78, 5) is 9.06. The molecule has 0 spiro atoms. The lowest BCUT2D eigenvalue weighted by Crippen LogP contribution is -2.03. The topological polar surface area (TPSA) is 30.7 Å². The van der Waals surface area contributed by atoms with Gasteiger partial charge in [-0.05, 0) is 25.0 Å². The number of hydrogen-bond acceptors (Lipinski definition) is 2. The zero-order chi connectivity index (χ0) is 11.3. The van der Waals surface area contributed by atoms with Crippen LogP contribution in [0.5, 0.6) is 0 Å². The average Bonchev–Trinajstić information content (AvgIpc) is 2.99. The van der Waals surface area contributed by atoms with E-state index in [0.717, 1.165) is 17.0 Å². The Morgan fingerprint density at radius 1 is 1.31 bits per heavy atom. The summed E-state index contributed by atoms with van der Waals surface area (Å²) in [5, 5.41) is 0.546. The molecular formula is C12H14ClN3. The standard InChI is InChI=1S/C12H14ClN3/c1-7(2)11-14-9-5-6-10(13)15-12(9)16(11)8-3-4-8/h5-8H,3-4H2,1-2H3. The van der Waals surface area contributed by atoms with Crippen LogP contribution >= 0.6 is 11.6 Å². The summed E-state index contributed by atoms with van der Waals surface area (Å²) in [5.41, 5.74) is 1.90. The van der Waals surface area contributed by atoms with Crippen molar-refractivity contribution in [2.75, 3.05) is 0 Å². The molecule has 0 saturated heterocycles. The fourth-order valence-corrected chi connectivity index (χ4v) is 2.21. The van der Waals surface area contributed by atoms with Gasteiger partial charge in [0, 0.05) is 12.0 Å². The van der Waals surface area contributed by atoms with Crippen molar-refractivity contribution >= 4 is 22.8 Å². The van der Waals surface area contributed by atoms with Crippen LogP contribution in [0.25, 0.3) is 11.2 Å². The fourth-order valence-electron chi connectivity index (χ4n) is 2.07. The maximum Gasteiger partial charge on any atom is 0.161 e. The minimum atomic E-state index is 0.425. The van der Waals surface area contributed by atoms with Gasteiger partial charge in [-0.1, -0.05) is 25.4 Å². The minimum absolute atomic E-state index is 0.425. The average molecular weight is 236 g/mol. The van der Waals surface area contributed by atoms with E-state index in [0.29, 0.717) is 17.1 Å². The predicted octanol–water partition coefficient (Wildman–Crippen LogP) is 3.54. The third-order valence-electron chi connectivity index (χ3n) is 2.96. The van der Waals surface area contributed by atoms with Crippen molar-refractivity contribution in [1.29, 1.82) is 0 Å². The number of rotatable bonds is 2. The van der Waals surface area contributed by atoms with Crippen molar-refractivity contribution in [1.82, 2.24) is 14.5 Å².